The lowest BCUT2D eigenvalue weighted by molar-refractivity contribution is -0.142. The van der Waals surface area contributed by atoms with Gasteiger partial charge >= 0.3 is 0 Å². The van der Waals surface area contributed by atoms with Gasteiger partial charge in [-0.05, 0) is 60.8 Å². The van der Waals surface area contributed by atoms with Gasteiger partial charge in [-0.3, -0.25) is 4.79 Å². The van der Waals surface area contributed by atoms with Crippen molar-refractivity contribution in [2.45, 2.75) is 52.1 Å². The lowest BCUT2D eigenvalue weighted by Gasteiger charge is -2.53. The SMILES string of the molecule is C#CCN(C)C(=O)[C@@H](C)[C@@H]1CC[C@]2(C)Cc3sc(Nc4ccc(F)cc4)nc3[C@H](C)[C@@H]2[C@H]1O. The second-order valence-electron chi connectivity index (χ2n) is 9.98. The smallest absolute Gasteiger partial charge is 0.226 e. The number of anilines is 2. The van der Waals surface area contributed by atoms with Gasteiger partial charge in [0.15, 0.2) is 5.13 Å². The van der Waals surface area contributed by atoms with E-state index in [1.54, 1.807) is 35.4 Å². The minimum absolute atomic E-state index is 0.0100. The number of fused-ring (bicyclic) bond motifs is 2. The van der Waals surface area contributed by atoms with E-state index in [2.05, 4.69) is 25.1 Å². The lowest BCUT2D eigenvalue weighted by atomic mass is 9.53. The molecule has 0 saturated heterocycles. The van der Waals surface area contributed by atoms with E-state index in [1.165, 1.54) is 17.0 Å². The number of terminal acetylenes is 1. The Kier molecular flexibility index (Phi) is 6.52. The molecule has 2 aliphatic carbocycles. The summed E-state index contributed by atoms with van der Waals surface area (Å²) in [5, 5.41) is 15.6. The van der Waals surface area contributed by atoms with Gasteiger partial charge in [0, 0.05) is 29.4 Å². The predicted molar refractivity (Wildman–Crippen MR) is 130 cm³/mol. The van der Waals surface area contributed by atoms with Crippen molar-refractivity contribution in [2.75, 3.05) is 18.9 Å². The van der Waals surface area contributed by atoms with E-state index in [4.69, 9.17) is 11.4 Å². The fourth-order valence-electron chi connectivity index (χ4n) is 6.00. The number of hydrogen-bond donors (Lipinski definition) is 2. The largest absolute Gasteiger partial charge is 0.392 e. The van der Waals surface area contributed by atoms with Gasteiger partial charge in [0.2, 0.25) is 5.91 Å². The summed E-state index contributed by atoms with van der Waals surface area (Å²) in [6, 6.07) is 6.25. The van der Waals surface area contributed by atoms with Crippen molar-refractivity contribution in [3.05, 3.63) is 40.7 Å². The van der Waals surface area contributed by atoms with Crippen molar-refractivity contribution in [1.82, 2.24) is 9.88 Å². The Hall–Kier alpha value is -2.43. The van der Waals surface area contributed by atoms with Gasteiger partial charge in [0.1, 0.15) is 5.82 Å². The number of carbonyl (C=O) groups excluding carboxylic acids is 1. The van der Waals surface area contributed by atoms with Crippen LogP contribution in [0.15, 0.2) is 24.3 Å². The van der Waals surface area contributed by atoms with Crippen LogP contribution in [0.5, 0.6) is 0 Å². The van der Waals surface area contributed by atoms with Gasteiger partial charge in [-0.25, -0.2) is 9.37 Å². The molecule has 7 heteroatoms. The number of rotatable bonds is 5. The molecular formula is C26H32FN3O2S. The van der Waals surface area contributed by atoms with Crippen molar-refractivity contribution in [1.29, 1.82) is 0 Å². The van der Waals surface area contributed by atoms with E-state index in [-0.39, 0.29) is 47.4 Å². The molecule has 33 heavy (non-hydrogen) atoms. The number of halogens is 1. The predicted octanol–water partition coefficient (Wildman–Crippen LogP) is 4.81. The number of aliphatic hydroxyl groups is 1. The van der Waals surface area contributed by atoms with E-state index >= 15 is 0 Å². The number of nitrogens with zero attached hydrogens (tertiary/aromatic N) is 2. The number of amides is 1. The first kappa shape index (κ1) is 23.7. The molecule has 0 spiro atoms. The van der Waals surface area contributed by atoms with Crippen LogP contribution in [-0.4, -0.2) is 40.6 Å². The molecule has 5 nitrogen and oxygen atoms in total. The van der Waals surface area contributed by atoms with Crippen LogP contribution in [-0.2, 0) is 11.2 Å². The molecule has 2 N–H and O–H groups in total. The minimum atomic E-state index is -0.583. The zero-order valence-corrected chi connectivity index (χ0v) is 20.5. The first-order chi connectivity index (χ1) is 15.6. The second-order valence-corrected chi connectivity index (χ2v) is 11.1. The number of nitrogens with one attached hydrogen (secondary N) is 1. The first-order valence-corrected chi connectivity index (χ1v) is 12.3. The molecule has 1 amide bonds. The van der Waals surface area contributed by atoms with Gasteiger partial charge in [-0.1, -0.05) is 26.7 Å². The van der Waals surface area contributed by atoms with Gasteiger partial charge in [-0.2, -0.15) is 0 Å². The normalized spacial score (nSPS) is 29.4. The molecule has 1 aromatic heterocycles. The highest BCUT2D eigenvalue weighted by molar-refractivity contribution is 7.15. The molecule has 1 saturated carbocycles. The highest BCUT2D eigenvalue weighted by Gasteiger charge is 2.54. The molecular weight excluding hydrogens is 437 g/mol. The number of aromatic nitrogens is 1. The highest BCUT2D eigenvalue weighted by atomic mass is 32.1. The minimum Gasteiger partial charge on any atom is -0.392 e. The Morgan fingerprint density at radius 2 is 2.15 bits per heavy atom. The summed E-state index contributed by atoms with van der Waals surface area (Å²) in [6.07, 6.45) is 7.43. The van der Waals surface area contributed by atoms with Crippen LogP contribution in [0.3, 0.4) is 0 Å². The standard InChI is InChI=1S/C26H32FN3O2S/c1-6-13-30(5)24(32)15(2)19-11-12-26(4)14-20-22(16(3)21(26)23(19)31)29-25(33-20)28-18-9-7-17(27)8-10-18/h1,7-10,15-16,19,21,23,31H,11-14H2,2-5H3,(H,28,29)/t15-,16+,19-,21+,23-,26+/m0/s1. The van der Waals surface area contributed by atoms with Gasteiger partial charge < -0.3 is 15.3 Å². The Labute approximate surface area is 199 Å². The molecule has 2 aliphatic rings. The molecule has 1 fully saturated rings. The quantitative estimate of drug-likeness (QED) is 0.617. The van der Waals surface area contributed by atoms with Crippen molar-refractivity contribution < 1.29 is 14.3 Å². The summed E-state index contributed by atoms with van der Waals surface area (Å²) < 4.78 is 13.2. The zero-order valence-electron chi connectivity index (χ0n) is 19.6. The zero-order chi connectivity index (χ0) is 23.9. The first-order valence-electron chi connectivity index (χ1n) is 11.5. The summed E-state index contributed by atoms with van der Waals surface area (Å²) in [5.41, 5.74) is 1.77. The molecule has 0 bridgehead atoms. The third kappa shape index (κ3) is 4.39. The fraction of sp³-hybridized carbons (Fsp3) is 0.538. The van der Waals surface area contributed by atoms with Crippen LogP contribution in [0.2, 0.25) is 0 Å². The van der Waals surface area contributed by atoms with Crippen LogP contribution in [0, 0.1) is 41.3 Å². The summed E-state index contributed by atoms with van der Waals surface area (Å²) >= 11 is 1.64. The lowest BCUT2D eigenvalue weighted by Crippen LogP contribution is -2.53. The number of hydrogen-bond acceptors (Lipinski definition) is 5. The Morgan fingerprint density at radius 1 is 1.45 bits per heavy atom. The summed E-state index contributed by atoms with van der Waals surface area (Å²) in [6.45, 7) is 6.60. The van der Waals surface area contributed by atoms with Crippen molar-refractivity contribution in [3.63, 3.8) is 0 Å². The van der Waals surface area contributed by atoms with Crippen molar-refractivity contribution >= 4 is 28.1 Å². The molecule has 1 heterocycles. The Morgan fingerprint density at radius 3 is 2.82 bits per heavy atom. The molecule has 1 aromatic carbocycles. The topological polar surface area (TPSA) is 65.5 Å². The number of carbonyl (C=O) groups is 1. The van der Waals surface area contributed by atoms with E-state index in [0.29, 0.717) is 0 Å². The third-order valence-electron chi connectivity index (χ3n) is 7.75. The molecule has 4 rings (SSSR count). The molecule has 0 radical (unpaired) electrons. The summed E-state index contributed by atoms with van der Waals surface area (Å²) in [4.78, 5) is 20.6. The van der Waals surface area contributed by atoms with E-state index < -0.39 is 6.10 Å². The molecule has 6 atom stereocenters. The number of benzene rings is 1. The van der Waals surface area contributed by atoms with Gasteiger partial charge in [-0.15, -0.1) is 17.8 Å². The fourth-order valence-corrected chi connectivity index (χ4v) is 7.29. The van der Waals surface area contributed by atoms with E-state index in [1.807, 2.05) is 6.92 Å². The van der Waals surface area contributed by atoms with Crippen LogP contribution in [0.1, 0.15) is 50.1 Å². The maximum absolute atomic E-state index is 13.2. The maximum atomic E-state index is 13.2. The van der Waals surface area contributed by atoms with E-state index in [0.717, 1.165) is 35.8 Å². The van der Waals surface area contributed by atoms with Gasteiger partial charge in [0.05, 0.1) is 18.3 Å². The summed E-state index contributed by atoms with van der Waals surface area (Å²) in [5.74, 6) is 1.94. The second kappa shape index (κ2) is 9.08. The summed E-state index contributed by atoms with van der Waals surface area (Å²) in [7, 11) is 1.72. The van der Waals surface area contributed by atoms with Crippen LogP contribution in [0.25, 0.3) is 0 Å². The van der Waals surface area contributed by atoms with Crippen LogP contribution < -0.4 is 5.32 Å². The molecule has 2 aromatic rings. The van der Waals surface area contributed by atoms with Gasteiger partial charge in [0.25, 0.3) is 0 Å². The maximum Gasteiger partial charge on any atom is 0.226 e. The highest BCUT2D eigenvalue weighted by Crippen LogP contribution is 2.57. The molecule has 0 aliphatic heterocycles. The average Bonchev–Trinajstić information content (AvgIpc) is 3.16. The van der Waals surface area contributed by atoms with Crippen molar-refractivity contribution in [3.8, 4) is 12.3 Å². The third-order valence-corrected chi connectivity index (χ3v) is 8.74. The van der Waals surface area contributed by atoms with Crippen LogP contribution >= 0.6 is 11.3 Å². The Bertz CT molecular complexity index is 1060. The number of aliphatic hydroxyl groups excluding tert-OH is 1. The van der Waals surface area contributed by atoms with Crippen LogP contribution in [0.4, 0.5) is 15.2 Å². The average molecular weight is 470 g/mol. The van der Waals surface area contributed by atoms with E-state index in [9.17, 15) is 14.3 Å². The van der Waals surface area contributed by atoms with Crippen molar-refractivity contribution in [2.24, 2.45) is 23.2 Å². The molecule has 0 unspecified atom stereocenters. The molecule has 176 valence electrons. The Balaban J connectivity index is 1.56. The monoisotopic (exact) mass is 469 g/mol. The number of thiazole rings is 1.